The number of methoxy groups -OCH3 is 1. The van der Waals surface area contributed by atoms with E-state index in [1.54, 1.807) is 7.11 Å². The second-order valence-corrected chi connectivity index (χ2v) is 9.55. The van der Waals surface area contributed by atoms with Gasteiger partial charge in [0.15, 0.2) is 0 Å². The van der Waals surface area contributed by atoms with Gasteiger partial charge in [0, 0.05) is 44.0 Å². The molecule has 0 saturated carbocycles. The number of halogens is 3. The summed E-state index contributed by atoms with van der Waals surface area (Å²) in [6.07, 6.45) is -0.700. The van der Waals surface area contributed by atoms with Gasteiger partial charge in [-0.1, -0.05) is 0 Å². The summed E-state index contributed by atoms with van der Waals surface area (Å²) in [4.78, 5) is 17.5. The average molecular weight is 499 g/mol. The molecule has 3 aromatic rings. The summed E-state index contributed by atoms with van der Waals surface area (Å²) in [7, 11) is 5.36. The maximum Gasteiger partial charge on any atom is 0.418 e. The molecule has 2 aliphatic rings. The minimum Gasteiger partial charge on any atom is -0.495 e. The largest absolute Gasteiger partial charge is 0.495 e. The highest BCUT2D eigenvalue weighted by Gasteiger charge is 2.36. The Hall–Kier alpha value is -3.49. The van der Waals surface area contributed by atoms with Crippen LogP contribution in [0, 0.1) is 0 Å². The summed E-state index contributed by atoms with van der Waals surface area (Å²) in [5.74, 6) is 0.673. The van der Waals surface area contributed by atoms with E-state index < -0.39 is 17.3 Å². The quantitative estimate of drug-likeness (QED) is 0.491. The van der Waals surface area contributed by atoms with Crippen molar-refractivity contribution in [2.45, 2.75) is 38.3 Å². The lowest BCUT2D eigenvalue weighted by Crippen LogP contribution is -2.28. The van der Waals surface area contributed by atoms with Crippen molar-refractivity contribution in [2.75, 3.05) is 44.1 Å². The zero-order valence-electron chi connectivity index (χ0n) is 20.7. The SMILES string of the molecule is COc1ccc(-c2nn(-c3cc(N4CCCC4)ccc3C(F)(F)F)c(=O)c3c2CCC3)cc1N(C)C. The van der Waals surface area contributed by atoms with Gasteiger partial charge in [0.05, 0.1) is 29.7 Å². The molecule has 0 radical (unpaired) electrons. The molecule has 0 spiro atoms. The molecule has 190 valence electrons. The van der Waals surface area contributed by atoms with Crippen molar-refractivity contribution in [1.82, 2.24) is 9.78 Å². The van der Waals surface area contributed by atoms with Gasteiger partial charge in [-0.15, -0.1) is 0 Å². The number of hydrogen-bond donors (Lipinski definition) is 0. The van der Waals surface area contributed by atoms with Crippen LogP contribution in [0.15, 0.2) is 41.2 Å². The number of hydrogen-bond acceptors (Lipinski definition) is 5. The molecule has 1 fully saturated rings. The molecule has 0 atom stereocenters. The average Bonchev–Trinajstić information content (AvgIpc) is 3.56. The smallest absolute Gasteiger partial charge is 0.418 e. The lowest BCUT2D eigenvalue weighted by atomic mass is 10.0. The van der Waals surface area contributed by atoms with Gasteiger partial charge in [-0.3, -0.25) is 4.79 Å². The highest BCUT2D eigenvalue weighted by molar-refractivity contribution is 5.73. The fourth-order valence-electron chi connectivity index (χ4n) is 5.26. The number of benzene rings is 2. The molecule has 36 heavy (non-hydrogen) atoms. The van der Waals surface area contributed by atoms with Crippen molar-refractivity contribution in [3.05, 3.63) is 63.4 Å². The molecule has 1 aliphatic heterocycles. The van der Waals surface area contributed by atoms with Crippen LogP contribution in [-0.4, -0.2) is 44.1 Å². The van der Waals surface area contributed by atoms with Gasteiger partial charge >= 0.3 is 6.18 Å². The molecule has 9 heteroatoms. The fourth-order valence-corrected chi connectivity index (χ4v) is 5.26. The second-order valence-electron chi connectivity index (χ2n) is 9.55. The Bertz CT molecular complexity index is 1360. The minimum absolute atomic E-state index is 0.228. The molecule has 2 heterocycles. The van der Waals surface area contributed by atoms with Crippen molar-refractivity contribution in [3.63, 3.8) is 0 Å². The van der Waals surface area contributed by atoms with Crippen LogP contribution in [0.25, 0.3) is 16.9 Å². The number of nitrogens with zero attached hydrogens (tertiary/aromatic N) is 4. The minimum atomic E-state index is -4.63. The van der Waals surface area contributed by atoms with Crippen LogP contribution in [0.1, 0.15) is 36.0 Å². The predicted molar refractivity (Wildman–Crippen MR) is 135 cm³/mol. The molecule has 2 aromatic carbocycles. The number of rotatable bonds is 5. The maximum atomic E-state index is 14.1. The molecule has 1 aromatic heterocycles. The monoisotopic (exact) mass is 498 g/mol. The second kappa shape index (κ2) is 9.19. The van der Waals surface area contributed by atoms with Crippen LogP contribution in [0.3, 0.4) is 0 Å². The first-order chi connectivity index (χ1) is 17.2. The highest BCUT2D eigenvalue weighted by Crippen LogP contribution is 2.38. The number of anilines is 2. The highest BCUT2D eigenvalue weighted by atomic mass is 19.4. The summed E-state index contributed by atoms with van der Waals surface area (Å²) in [5, 5.41) is 4.61. The van der Waals surface area contributed by atoms with Crippen molar-refractivity contribution in [1.29, 1.82) is 0 Å². The summed E-state index contributed by atoms with van der Waals surface area (Å²) in [5.41, 5.74) is 2.54. The zero-order valence-corrected chi connectivity index (χ0v) is 20.7. The van der Waals surface area contributed by atoms with E-state index >= 15 is 0 Å². The first kappa shape index (κ1) is 24.2. The maximum absolute atomic E-state index is 14.1. The fraction of sp³-hybridized carbons (Fsp3) is 0.407. The Balaban J connectivity index is 1.75. The van der Waals surface area contributed by atoms with Gasteiger partial charge in [-0.05, 0) is 74.1 Å². The number of ether oxygens (including phenoxy) is 1. The van der Waals surface area contributed by atoms with Gasteiger partial charge in [0.2, 0.25) is 0 Å². The van der Waals surface area contributed by atoms with Crippen molar-refractivity contribution < 1.29 is 17.9 Å². The molecule has 0 N–H and O–H groups in total. The van der Waals surface area contributed by atoms with E-state index in [1.165, 1.54) is 12.1 Å². The molecule has 1 saturated heterocycles. The Morgan fingerprint density at radius 3 is 2.36 bits per heavy atom. The van der Waals surface area contributed by atoms with Gasteiger partial charge < -0.3 is 14.5 Å². The Labute approximate surface area is 207 Å². The third-order valence-electron chi connectivity index (χ3n) is 7.07. The molecule has 6 nitrogen and oxygen atoms in total. The Morgan fingerprint density at radius 2 is 1.69 bits per heavy atom. The van der Waals surface area contributed by atoms with Gasteiger partial charge in [-0.2, -0.15) is 23.0 Å². The predicted octanol–water partition coefficient (Wildman–Crippen LogP) is 5.08. The third-order valence-corrected chi connectivity index (χ3v) is 7.07. The van der Waals surface area contributed by atoms with E-state index in [-0.39, 0.29) is 5.69 Å². The van der Waals surface area contributed by atoms with Gasteiger partial charge in [0.1, 0.15) is 5.75 Å². The van der Waals surface area contributed by atoms with E-state index in [9.17, 15) is 18.0 Å². The van der Waals surface area contributed by atoms with E-state index in [0.717, 1.165) is 59.9 Å². The zero-order chi connectivity index (χ0) is 25.6. The molecular weight excluding hydrogens is 469 g/mol. The Morgan fingerprint density at radius 1 is 0.972 bits per heavy atom. The van der Waals surface area contributed by atoms with Gasteiger partial charge in [-0.25, -0.2) is 0 Å². The third kappa shape index (κ3) is 4.20. The van der Waals surface area contributed by atoms with Crippen LogP contribution in [0.4, 0.5) is 24.5 Å². The van der Waals surface area contributed by atoms with Gasteiger partial charge in [0.25, 0.3) is 5.56 Å². The Kier molecular flexibility index (Phi) is 6.18. The first-order valence-corrected chi connectivity index (χ1v) is 12.2. The van der Waals surface area contributed by atoms with E-state index in [4.69, 9.17) is 4.74 Å². The molecular formula is C27H29F3N4O2. The molecule has 1 aliphatic carbocycles. The molecule has 0 unspecified atom stereocenters. The summed E-state index contributed by atoms with van der Waals surface area (Å²) in [6.45, 7) is 1.56. The molecule has 5 rings (SSSR count). The number of aromatic nitrogens is 2. The van der Waals surface area contributed by atoms with E-state index in [0.29, 0.717) is 35.5 Å². The summed E-state index contributed by atoms with van der Waals surface area (Å²) in [6, 6.07) is 9.59. The van der Waals surface area contributed by atoms with Crippen LogP contribution in [0.5, 0.6) is 5.75 Å². The normalized spacial score (nSPS) is 15.3. The number of alkyl halides is 3. The van der Waals surface area contributed by atoms with Crippen LogP contribution < -0.4 is 20.1 Å². The first-order valence-electron chi connectivity index (χ1n) is 12.2. The van der Waals surface area contributed by atoms with E-state index in [2.05, 4.69) is 10.00 Å². The van der Waals surface area contributed by atoms with Crippen LogP contribution in [-0.2, 0) is 19.0 Å². The van der Waals surface area contributed by atoms with Crippen molar-refractivity contribution in [3.8, 4) is 22.7 Å². The van der Waals surface area contributed by atoms with E-state index in [1.807, 2.05) is 37.2 Å². The van der Waals surface area contributed by atoms with Crippen molar-refractivity contribution >= 4 is 11.4 Å². The molecule has 0 bridgehead atoms. The lowest BCUT2D eigenvalue weighted by Gasteiger charge is -2.22. The lowest BCUT2D eigenvalue weighted by molar-refractivity contribution is -0.137. The number of fused-ring (bicyclic) bond motifs is 1. The standard InChI is InChI=1S/C27H29F3N4O2/c1-32(2)23-15-17(9-12-24(23)36-3)25-19-7-6-8-20(19)26(35)34(31-25)22-16-18(33-13-4-5-14-33)10-11-21(22)27(28,29)30/h9-12,15-16H,4-8,13-14H2,1-3H3. The summed E-state index contributed by atoms with van der Waals surface area (Å²) >= 11 is 0. The van der Waals surface area contributed by atoms with Crippen LogP contribution >= 0.6 is 0 Å². The van der Waals surface area contributed by atoms with Crippen molar-refractivity contribution in [2.24, 2.45) is 0 Å². The topological polar surface area (TPSA) is 50.6 Å². The van der Waals surface area contributed by atoms with Crippen LogP contribution in [0.2, 0.25) is 0 Å². The molecule has 0 amide bonds. The summed E-state index contributed by atoms with van der Waals surface area (Å²) < 4.78 is 48.8.